The number of halogens is 2. The number of rotatable bonds is 1. The summed E-state index contributed by atoms with van der Waals surface area (Å²) in [5.74, 6) is -0.231. The number of hydrogen-bond donors (Lipinski definition) is 1. The summed E-state index contributed by atoms with van der Waals surface area (Å²) < 4.78 is 13.9. The molecule has 0 aliphatic carbocycles. The summed E-state index contributed by atoms with van der Waals surface area (Å²) in [6.45, 7) is 1.58. The number of aliphatic hydroxyl groups is 1. The van der Waals surface area contributed by atoms with Crippen molar-refractivity contribution in [2.75, 3.05) is 18.0 Å². The van der Waals surface area contributed by atoms with E-state index >= 15 is 0 Å². The Kier molecular flexibility index (Phi) is 3.26. The highest BCUT2D eigenvalue weighted by atomic mass is 79.9. The molecule has 1 N–H and O–H groups in total. The van der Waals surface area contributed by atoms with Gasteiger partial charge >= 0.3 is 0 Å². The first-order chi connectivity index (χ1) is 7.15. The van der Waals surface area contributed by atoms with Gasteiger partial charge in [-0.15, -0.1) is 0 Å². The summed E-state index contributed by atoms with van der Waals surface area (Å²) in [6, 6.07) is 4.88. The first kappa shape index (κ1) is 10.9. The Balaban J connectivity index is 2.15. The zero-order valence-electron chi connectivity index (χ0n) is 8.29. The van der Waals surface area contributed by atoms with Crippen LogP contribution in [0.5, 0.6) is 0 Å². The summed E-state index contributed by atoms with van der Waals surface area (Å²) in [7, 11) is 0. The van der Waals surface area contributed by atoms with Gasteiger partial charge < -0.3 is 10.0 Å². The summed E-state index contributed by atoms with van der Waals surface area (Å²) in [6.07, 6.45) is 1.32. The van der Waals surface area contributed by atoms with Crippen LogP contribution in [-0.4, -0.2) is 24.3 Å². The van der Waals surface area contributed by atoms with Gasteiger partial charge in [0.1, 0.15) is 5.82 Å². The topological polar surface area (TPSA) is 23.5 Å². The molecule has 15 heavy (non-hydrogen) atoms. The van der Waals surface area contributed by atoms with Crippen LogP contribution in [0.1, 0.15) is 12.8 Å². The molecule has 1 aromatic carbocycles. The van der Waals surface area contributed by atoms with Crippen LogP contribution in [0.15, 0.2) is 22.7 Å². The van der Waals surface area contributed by atoms with Crippen LogP contribution in [0.2, 0.25) is 0 Å². The van der Waals surface area contributed by atoms with Gasteiger partial charge in [-0.1, -0.05) is 15.9 Å². The first-order valence-corrected chi connectivity index (χ1v) is 5.83. The summed E-state index contributed by atoms with van der Waals surface area (Å²) in [4.78, 5) is 2.10. The lowest BCUT2D eigenvalue weighted by Gasteiger charge is -2.31. The maximum Gasteiger partial charge on any atom is 0.126 e. The lowest BCUT2D eigenvalue weighted by atomic mass is 10.1. The minimum absolute atomic E-state index is 0.196. The van der Waals surface area contributed by atoms with Gasteiger partial charge in [0.05, 0.1) is 6.10 Å². The molecule has 0 aromatic heterocycles. The number of aliphatic hydroxyl groups excluding tert-OH is 1. The van der Waals surface area contributed by atoms with E-state index in [-0.39, 0.29) is 11.9 Å². The highest BCUT2D eigenvalue weighted by Crippen LogP contribution is 2.24. The van der Waals surface area contributed by atoms with Crippen molar-refractivity contribution in [2.24, 2.45) is 0 Å². The second-order valence-corrected chi connectivity index (χ2v) is 4.76. The smallest absolute Gasteiger partial charge is 0.126 e. The quantitative estimate of drug-likeness (QED) is 0.850. The van der Waals surface area contributed by atoms with E-state index in [2.05, 4.69) is 20.8 Å². The third kappa shape index (κ3) is 2.69. The van der Waals surface area contributed by atoms with E-state index in [1.165, 1.54) is 12.1 Å². The van der Waals surface area contributed by atoms with Gasteiger partial charge in [0.2, 0.25) is 0 Å². The molecule has 4 heteroatoms. The van der Waals surface area contributed by atoms with Crippen molar-refractivity contribution >= 4 is 21.6 Å². The van der Waals surface area contributed by atoms with Gasteiger partial charge in [-0.05, 0) is 31.0 Å². The number of hydrogen-bond acceptors (Lipinski definition) is 2. The molecule has 0 bridgehead atoms. The standard InChI is InChI=1S/C11H13BrFNO/c12-8-5-9(13)7-10(6-8)14-3-1-11(15)2-4-14/h5-7,11,15H,1-4H2. The third-order valence-corrected chi connectivity index (χ3v) is 3.13. The van der Waals surface area contributed by atoms with Crippen molar-refractivity contribution in [3.05, 3.63) is 28.5 Å². The van der Waals surface area contributed by atoms with Crippen LogP contribution in [-0.2, 0) is 0 Å². The lowest BCUT2D eigenvalue weighted by molar-refractivity contribution is 0.145. The second-order valence-electron chi connectivity index (χ2n) is 3.85. The van der Waals surface area contributed by atoms with E-state index in [0.717, 1.165) is 36.1 Å². The molecule has 1 aliphatic heterocycles. The van der Waals surface area contributed by atoms with E-state index in [1.54, 1.807) is 0 Å². The fourth-order valence-corrected chi connectivity index (χ4v) is 2.30. The molecule has 82 valence electrons. The number of benzene rings is 1. The molecule has 1 aliphatic rings. The highest BCUT2D eigenvalue weighted by Gasteiger charge is 2.17. The predicted octanol–water partition coefficient (Wildman–Crippen LogP) is 2.55. The molecule has 0 spiro atoms. The van der Waals surface area contributed by atoms with Crippen LogP contribution in [0.25, 0.3) is 0 Å². The molecular weight excluding hydrogens is 261 g/mol. The van der Waals surface area contributed by atoms with Gasteiger partial charge in [0.25, 0.3) is 0 Å². The zero-order chi connectivity index (χ0) is 10.8. The fraction of sp³-hybridized carbons (Fsp3) is 0.455. The van der Waals surface area contributed by atoms with Crippen molar-refractivity contribution in [3.63, 3.8) is 0 Å². The Hall–Kier alpha value is -0.610. The van der Waals surface area contributed by atoms with Crippen molar-refractivity contribution in [1.29, 1.82) is 0 Å². The third-order valence-electron chi connectivity index (χ3n) is 2.68. The molecule has 2 rings (SSSR count). The largest absolute Gasteiger partial charge is 0.393 e. The molecule has 0 radical (unpaired) electrons. The Labute approximate surface area is 96.8 Å². The Morgan fingerprint density at radius 2 is 1.93 bits per heavy atom. The monoisotopic (exact) mass is 273 g/mol. The van der Waals surface area contributed by atoms with E-state index in [1.807, 2.05) is 6.07 Å². The molecule has 0 amide bonds. The van der Waals surface area contributed by atoms with Crippen molar-refractivity contribution in [3.8, 4) is 0 Å². The predicted molar refractivity (Wildman–Crippen MR) is 61.6 cm³/mol. The highest BCUT2D eigenvalue weighted by molar-refractivity contribution is 9.10. The van der Waals surface area contributed by atoms with E-state index in [4.69, 9.17) is 0 Å². The second kappa shape index (κ2) is 4.49. The van der Waals surface area contributed by atoms with Crippen LogP contribution in [0.3, 0.4) is 0 Å². The molecule has 0 unspecified atom stereocenters. The zero-order valence-corrected chi connectivity index (χ0v) is 9.87. The summed E-state index contributed by atoms with van der Waals surface area (Å²) >= 11 is 3.28. The van der Waals surface area contributed by atoms with Crippen molar-refractivity contribution in [2.45, 2.75) is 18.9 Å². The number of nitrogens with zero attached hydrogens (tertiary/aromatic N) is 1. The van der Waals surface area contributed by atoms with Crippen molar-refractivity contribution < 1.29 is 9.50 Å². The maximum atomic E-state index is 13.2. The molecule has 1 aromatic rings. The van der Waals surface area contributed by atoms with Crippen LogP contribution >= 0.6 is 15.9 Å². The van der Waals surface area contributed by atoms with Gasteiger partial charge in [-0.3, -0.25) is 0 Å². The van der Waals surface area contributed by atoms with Crippen LogP contribution in [0, 0.1) is 5.82 Å². The fourth-order valence-electron chi connectivity index (χ4n) is 1.85. The van der Waals surface area contributed by atoms with E-state index < -0.39 is 0 Å². The molecule has 1 heterocycles. The minimum Gasteiger partial charge on any atom is -0.393 e. The average Bonchev–Trinajstić information content (AvgIpc) is 2.17. The Morgan fingerprint density at radius 1 is 1.27 bits per heavy atom. The molecule has 0 atom stereocenters. The molecule has 1 saturated heterocycles. The maximum absolute atomic E-state index is 13.2. The normalized spacial score (nSPS) is 18.2. The summed E-state index contributed by atoms with van der Waals surface area (Å²) in [5, 5.41) is 9.37. The Bertz CT molecular complexity index is 330. The Morgan fingerprint density at radius 3 is 2.53 bits per heavy atom. The molecule has 2 nitrogen and oxygen atoms in total. The first-order valence-electron chi connectivity index (χ1n) is 5.04. The van der Waals surface area contributed by atoms with Gasteiger partial charge in [-0.25, -0.2) is 4.39 Å². The molecule has 0 saturated carbocycles. The van der Waals surface area contributed by atoms with Crippen LogP contribution < -0.4 is 4.90 Å². The lowest BCUT2D eigenvalue weighted by Crippen LogP contribution is -2.35. The van der Waals surface area contributed by atoms with Crippen molar-refractivity contribution in [1.82, 2.24) is 0 Å². The van der Waals surface area contributed by atoms with Gasteiger partial charge in [0.15, 0.2) is 0 Å². The summed E-state index contributed by atoms with van der Waals surface area (Å²) in [5.41, 5.74) is 0.883. The average molecular weight is 274 g/mol. The molecule has 1 fully saturated rings. The van der Waals surface area contributed by atoms with Crippen LogP contribution in [0.4, 0.5) is 10.1 Å². The van der Waals surface area contributed by atoms with Gasteiger partial charge in [0, 0.05) is 23.2 Å². The minimum atomic E-state index is -0.231. The molecular formula is C11H13BrFNO. The number of anilines is 1. The van der Waals surface area contributed by atoms with Gasteiger partial charge in [-0.2, -0.15) is 0 Å². The number of piperidine rings is 1. The van der Waals surface area contributed by atoms with E-state index in [9.17, 15) is 9.50 Å². The van der Waals surface area contributed by atoms with E-state index in [0.29, 0.717) is 0 Å². The SMILES string of the molecule is OC1CCN(c2cc(F)cc(Br)c2)CC1.